The molecule has 0 aliphatic carbocycles. The number of benzene rings is 1. The van der Waals surface area contributed by atoms with E-state index < -0.39 is 30.2 Å². The van der Waals surface area contributed by atoms with Crippen molar-refractivity contribution in [3.8, 4) is 11.4 Å². The van der Waals surface area contributed by atoms with Crippen molar-refractivity contribution < 1.29 is 23.9 Å². The van der Waals surface area contributed by atoms with Crippen LogP contribution in [0.25, 0.3) is 5.69 Å². The first-order valence-corrected chi connectivity index (χ1v) is 9.69. The molecule has 2 aromatic rings. The molecule has 1 aromatic carbocycles. The number of carbonyl (C=O) groups excluding carboxylic acids is 4. The molecule has 0 N–H and O–H groups in total. The third-order valence-electron chi connectivity index (χ3n) is 5.05. The van der Waals surface area contributed by atoms with Gasteiger partial charge < -0.3 is 9.30 Å². The van der Waals surface area contributed by atoms with E-state index in [-0.39, 0.29) is 12.5 Å². The average Bonchev–Trinajstić information content (AvgIpc) is 3.11. The van der Waals surface area contributed by atoms with Gasteiger partial charge in [-0.05, 0) is 50.1 Å². The molecule has 1 fully saturated rings. The summed E-state index contributed by atoms with van der Waals surface area (Å²) in [5.74, 6) is -1.50. The van der Waals surface area contributed by atoms with Crippen LogP contribution in [0.15, 0.2) is 30.3 Å². The highest BCUT2D eigenvalue weighted by molar-refractivity contribution is 6.45. The molecule has 8 heteroatoms. The largest absolute Gasteiger partial charge is 0.497 e. The number of methoxy groups -OCH3 is 1. The van der Waals surface area contributed by atoms with Crippen molar-refractivity contribution in [3.05, 3.63) is 47.3 Å². The zero-order valence-corrected chi connectivity index (χ0v) is 17.8. The van der Waals surface area contributed by atoms with Crippen LogP contribution in [0.2, 0.25) is 0 Å². The second-order valence-corrected chi connectivity index (χ2v) is 7.72. The van der Waals surface area contributed by atoms with Gasteiger partial charge in [-0.25, -0.2) is 9.69 Å². The van der Waals surface area contributed by atoms with Crippen molar-refractivity contribution in [2.45, 2.75) is 27.7 Å². The molecule has 8 nitrogen and oxygen atoms in total. The lowest BCUT2D eigenvalue weighted by Gasteiger charge is -2.16. The highest BCUT2D eigenvalue weighted by Crippen LogP contribution is 2.24. The second kappa shape index (κ2) is 8.14. The first-order valence-electron chi connectivity index (χ1n) is 9.69. The quantitative estimate of drug-likeness (QED) is 0.397. The summed E-state index contributed by atoms with van der Waals surface area (Å²) in [4.78, 5) is 51.5. The van der Waals surface area contributed by atoms with Crippen molar-refractivity contribution in [1.82, 2.24) is 14.4 Å². The third kappa shape index (κ3) is 3.72. The zero-order chi connectivity index (χ0) is 22.2. The molecular weight excluding hydrogens is 386 g/mol. The van der Waals surface area contributed by atoms with Gasteiger partial charge >= 0.3 is 17.8 Å². The Morgan fingerprint density at radius 3 is 2.17 bits per heavy atom. The molecule has 1 aliphatic heterocycles. The number of aromatic nitrogens is 1. The Kier molecular flexibility index (Phi) is 5.78. The van der Waals surface area contributed by atoms with E-state index in [1.54, 1.807) is 20.1 Å². The second-order valence-electron chi connectivity index (χ2n) is 7.72. The van der Waals surface area contributed by atoms with Crippen LogP contribution < -0.4 is 4.74 Å². The van der Waals surface area contributed by atoms with E-state index in [0.717, 1.165) is 26.9 Å². The minimum Gasteiger partial charge on any atom is -0.497 e. The van der Waals surface area contributed by atoms with Gasteiger partial charge in [0.2, 0.25) is 0 Å². The Morgan fingerprint density at radius 2 is 1.60 bits per heavy atom. The molecule has 4 amide bonds. The number of Topliss-reactive ketones (excluding diaryl/α,β-unsaturated/α-hetero) is 1. The molecule has 0 unspecified atom stereocenters. The van der Waals surface area contributed by atoms with Crippen molar-refractivity contribution in [2.24, 2.45) is 5.92 Å². The number of ether oxygens (including phenoxy) is 1. The van der Waals surface area contributed by atoms with Crippen LogP contribution in [-0.2, 0) is 9.59 Å². The summed E-state index contributed by atoms with van der Waals surface area (Å²) in [6.07, 6.45) is 0. The molecule has 0 spiro atoms. The lowest BCUT2D eigenvalue weighted by Crippen LogP contribution is -2.38. The molecule has 3 rings (SSSR count). The van der Waals surface area contributed by atoms with Gasteiger partial charge in [0.25, 0.3) is 0 Å². The predicted molar refractivity (Wildman–Crippen MR) is 110 cm³/mol. The van der Waals surface area contributed by atoms with E-state index in [4.69, 9.17) is 4.74 Å². The molecule has 1 aliphatic rings. The maximum Gasteiger partial charge on any atom is 0.334 e. The third-order valence-corrected chi connectivity index (χ3v) is 5.05. The lowest BCUT2D eigenvalue weighted by molar-refractivity contribution is -0.143. The molecule has 30 heavy (non-hydrogen) atoms. The van der Waals surface area contributed by atoms with Gasteiger partial charge in [-0.15, -0.1) is 0 Å². The molecule has 2 heterocycles. The Labute approximate surface area is 175 Å². The topological polar surface area (TPSA) is 88.9 Å². The first kappa shape index (κ1) is 21.3. The first-order chi connectivity index (χ1) is 14.1. The number of carbonyl (C=O) groups is 4. The van der Waals surface area contributed by atoms with E-state index >= 15 is 0 Å². The number of urea groups is 1. The molecular formula is C22H25N3O5. The number of imide groups is 2. The maximum atomic E-state index is 12.9. The number of nitrogens with zero attached hydrogens (tertiary/aromatic N) is 3. The standard InChI is InChI=1S/C22H25N3O5/c1-13(2)11-23-20(27)21(28)24(22(23)29)12-19(26)18-10-14(3)25(15(18)4)16-6-8-17(30-5)9-7-16/h6-10,13H,11-12H2,1-5H3. The monoisotopic (exact) mass is 411 g/mol. The average molecular weight is 411 g/mol. The summed E-state index contributed by atoms with van der Waals surface area (Å²) in [5.41, 5.74) is 2.78. The van der Waals surface area contributed by atoms with E-state index in [1.165, 1.54) is 0 Å². The fourth-order valence-electron chi connectivity index (χ4n) is 3.62. The van der Waals surface area contributed by atoms with E-state index in [2.05, 4.69) is 0 Å². The van der Waals surface area contributed by atoms with E-state index in [1.807, 2.05) is 49.6 Å². The minimum atomic E-state index is -0.960. The van der Waals surface area contributed by atoms with Crippen LogP contribution in [0.1, 0.15) is 35.6 Å². The number of hydrogen-bond acceptors (Lipinski definition) is 5. The summed E-state index contributed by atoms with van der Waals surface area (Å²) in [6, 6.07) is 8.39. The van der Waals surface area contributed by atoms with Crippen molar-refractivity contribution in [1.29, 1.82) is 0 Å². The van der Waals surface area contributed by atoms with Crippen LogP contribution in [0.5, 0.6) is 5.75 Å². The van der Waals surface area contributed by atoms with Crippen LogP contribution in [-0.4, -0.2) is 58.2 Å². The molecule has 0 radical (unpaired) electrons. The summed E-state index contributed by atoms with van der Waals surface area (Å²) < 4.78 is 7.09. The Hall–Kier alpha value is -3.42. The van der Waals surface area contributed by atoms with Gasteiger partial charge in [0.1, 0.15) is 5.75 Å². The number of ketones is 1. The molecule has 158 valence electrons. The van der Waals surface area contributed by atoms with Crippen LogP contribution in [0.3, 0.4) is 0 Å². The summed E-state index contributed by atoms with van der Waals surface area (Å²) in [7, 11) is 1.59. The number of hydrogen-bond donors (Lipinski definition) is 0. The number of amides is 4. The minimum absolute atomic E-state index is 0.0183. The van der Waals surface area contributed by atoms with E-state index in [0.29, 0.717) is 11.3 Å². The van der Waals surface area contributed by atoms with Gasteiger partial charge in [0.05, 0.1) is 13.7 Å². The van der Waals surface area contributed by atoms with Crippen molar-refractivity contribution in [2.75, 3.05) is 20.2 Å². The predicted octanol–water partition coefficient (Wildman–Crippen LogP) is 2.73. The SMILES string of the molecule is COc1ccc(-n2c(C)cc(C(=O)CN3C(=O)C(=O)N(CC(C)C)C3=O)c2C)cc1. The molecule has 0 atom stereocenters. The lowest BCUT2D eigenvalue weighted by atomic mass is 10.1. The summed E-state index contributed by atoms with van der Waals surface area (Å²) >= 11 is 0. The molecule has 0 saturated carbocycles. The summed E-state index contributed by atoms with van der Waals surface area (Å²) in [5, 5.41) is 0. The number of rotatable bonds is 7. The van der Waals surface area contributed by atoms with Crippen LogP contribution >= 0.6 is 0 Å². The Morgan fingerprint density at radius 1 is 1.00 bits per heavy atom. The normalized spacial score (nSPS) is 14.3. The van der Waals surface area contributed by atoms with Crippen LogP contribution in [0.4, 0.5) is 4.79 Å². The Bertz CT molecular complexity index is 1020. The summed E-state index contributed by atoms with van der Waals surface area (Å²) in [6.45, 7) is 7.02. The van der Waals surface area contributed by atoms with Gasteiger partial charge in [-0.3, -0.25) is 19.3 Å². The van der Waals surface area contributed by atoms with Crippen molar-refractivity contribution in [3.63, 3.8) is 0 Å². The van der Waals surface area contributed by atoms with Gasteiger partial charge in [-0.2, -0.15) is 0 Å². The van der Waals surface area contributed by atoms with Gasteiger partial charge in [0, 0.05) is 29.2 Å². The molecule has 1 aromatic heterocycles. The maximum absolute atomic E-state index is 12.9. The zero-order valence-electron chi connectivity index (χ0n) is 17.8. The van der Waals surface area contributed by atoms with E-state index in [9.17, 15) is 19.2 Å². The van der Waals surface area contributed by atoms with Crippen molar-refractivity contribution >= 4 is 23.6 Å². The number of aryl methyl sites for hydroxylation is 1. The highest BCUT2D eigenvalue weighted by atomic mass is 16.5. The fraction of sp³-hybridized carbons (Fsp3) is 0.364. The van der Waals surface area contributed by atoms with Crippen LogP contribution in [0, 0.1) is 19.8 Å². The molecule has 1 saturated heterocycles. The van der Waals surface area contributed by atoms with Gasteiger partial charge in [-0.1, -0.05) is 13.8 Å². The Balaban J connectivity index is 1.85. The molecule has 0 bridgehead atoms. The fourth-order valence-corrected chi connectivity index (χ4v) is 3.62. The highest BCUT2D eigenvalue weighted by Gasteiger charge is 2.45. The van der Waals surface area contributed by atoms with Gasteiger partial charge in [0.15, 0.2) is 5.78 Å². The smallest absolute Gasteiger partial charge is 0.334 e.